The van der Waals surface area contributed by atoms with Crippen molar-refractivity contribution in [2.75, 3.05) is 14.1 Å². The van der Waals surface area contributed by atoms with Crippen molar-refractivity contribution in [2.45, 2.75) is 25.5 Å². The summed E-state index contributed by atoms with van der Waals surface area (Å²) in [6, 6.07) is 10.6. The first kappa shape index (κ1) is 15.3. The molecular weight excluding hydrogens is 301 g/mol. The SMILES string of the molecule is Cc1cc(Cl)cc2c1C[C@H](N(C)C)[C@H]2Oc1ccccc1F. The molecule has 1 aliphatic rings. The Morgan fingerprint density at radius 2 is 1.95 bits per heavy atom. The number of likely N-dealkylation sites (N-methyl/N-ethyl adjacent to an activating group) is 1. The van der Waals surface area contributed by atoms with Crippen molar-refractivity contribution in [2.24, 2.45) is 0 Å². The molecule has 0 heterocycles. The summed E-state index contributed by atoms with van der Waals surface area (Å²) in [6.07, 6.45) is 0.657. The van der Waals surface area contributed by atoms with Gasteiger partial charge in [0.1, 0.15) is 6.10 Å². The average molecular weight is 320 g/mol. The second-order valence-electron chi connectivity index (χ2n) is 5.99. The van der Waals surface area contributed by atoms with Gasteiger partial charge in [-0.05, 0) is 68.4 Å². The lowest BCUT2D eigenvalue weighted by Crippen LogP contribution is -2.34. The number of nitrogens with zero attached hydrogens (tertiary/aromatic N) is 1. The van der Waals surface area contributed by atoms with Gasteiger partial charge in [0, 0.05) is 5.02 Å². The number of ether oxygens (including phenoxy) is 1. The molecule has 116 valence electrons. The monoisotopic (exact) mass is 319 g/mol. The van der Waals surface area contributed by atoms with Gasteiger partial charge < -0.3 is 9.64 Å². The lowest BCUT2D eigenvalue weighted by molar-refractivity contribution is 0.107. The normalized spacial score (nSPS) is 20.3. The summed E-state index contributed by atoms with van der Waals surface area (Å²) in [5, 5.41) is 0.692. The molecule has 0 aromatic heterocycles. The Hall–Kier alpha value is -1.58. The molecule has 3 rings (SSSR count). The molecule has 2 atom stereocenters. The van der Waals surface area contributed by atoms with E-state index in [1.54, 1.807) is 18.2 Å². The van der Waals surface area contributed by atoms with Crippen molar-refractivity contribution in [3.05, 3.63) is 63.9 Å². The van der Waals surface area contributed by atoms with Crippen LogP contribution in [-0.2, 0) is 6.42 Å². The fourth-order valence-electron chi connectivity index (χ4n) is 3.13. The van der Waals surface area contributed by atoms with E-state index in [1.165, 1.54) is 11.6 Å². The third kappa shape index (κ3) is 2.71. The molecule has 0 N–H and O–H groups in total. The first-order valence-corrected chi connectivity index (χ1v) is 7.71. The van der Waals surface area contributed by atoms with Gasteiger partial charge in [-0.2, -0.15) is 0 Å². The maximum atomic E-state index is 13.9. The van der Waals surface area contributed by atoms with E-state index in [1.807, 2.05) is 26.2 Å². The van der Waals surface area contributed by atoms with Crippen LogP contribution in [0.4, 0.5) is 4.39 Å². The molecule has 0 aliphatic heterocycles. The van der Waals surface area contributed by atoms with Crippen LogP contribution in [0, 0.1) is 12.7 Å². The van der Waals surface area contributed by atoms with E-state index in [4.69, 9.17) is 16.3 Å². The van der Waals surface area contributed by atoms with Crippen LogP contribution >= 0.6 is 11.6 Å². The van der Waals surface area contributed by atoms with Crippen LogP contribution < -0.4 is 4.74 Å². The van der Waals surface area contributed by atoms with Crippen molar-refractivity contribution in [3.63, 3.8) is 0 Å². The van der Waals surface area contributed by atoms with Gasteiger partial charge in [0.05, 0.1) is 6.04 Å². The van der Waals surface area contributed by atoms with Crippen molar-refractivity contribution >= 4 is 11.6 Å². The van der Waals surface area contributed by atoms with Gasteiger partial charge in [0.25, 0.3) is 0 Å². The zero-order chi connectivity index (χ0) is 15.9. The second-order valence-corrected chi connectivity index (χ2v) is 6.43. The highest BCUT2D eigenvalue weighted by molar-refractivity contribution is 6.30. The molecule has 0 saturated carbocycles. The molecule has 0 radical (unpaired) electrons. The molecule has 0 fully saturated rings. The highest BCUT2D eigenvalue weighted by atomic mass is 35.5. The van der Waals surface area contributed by atoms with Gasteiger partial charge in [-0.3, -0.25) is 0 Å². The summed E-state index contributed by atoms with van der Waals surface area (Å²) >= 11 is 6.21. The van der Waals surface area contributed by atoms with Crippen LogP contribution in [0.2, 0.25) is 5.02 Å². The fraction of sp³-hybridized carbons (Fsp3) is 0.333. The molecule has 0 bridgehead atoms. The van der Waals surface area contributed by atoms with Gasteiger partial charge in [-0.15, -0.1) is 0 Å². The molecule has 4 heteroatoms. The lowest BCUT2D eigenvalue weighted by Gasteiger charge is -2.27. The summed E-state index contributed by atoms with van der Waals surface area (Å²) in [7, 11) is 4.04. The standard InChI is InChI=1S/C18H19ClFNO/c1-11-8-12(19)9-14-13(11)10-16(21(2)3)18(14)22-17-7-5-4-6-15(17)20/h4-9,16,18H,10H2,1-3H3/t16-,18-/m0/s1. The Balaban J connectivity index is 2.03. The number of hydrogen-bond donors (Lipinski definition) is 0. The van der Waals surface area contributed by atoms with Gasteiger partial charge >= 0.3 is 0 Å². The maximum absolute atomic E-state index is 13.9. The first-order chi connectivity index (χ1) is 10.5. The van der Waals surface area contributed by atoms with Gasteiger partial charge in [-0.1, -0.05) is 23.7 Å². The van der Waals surface area contributed by atoms with E-state index in [9.17, 15) is 4.39 Å². The molecule has 0 amide bonds. The third-order valence-corrected chi connectivity index (χ3v) is 4.51. The van der Waals surface area contributed by atoms with Crippen molar-refractivity contribution in [1.82, 2.24) is 4.90 Å². The Morgan fingerprint density at radius 3 is 2.64 bits per heavy atom. The smallest absolute Gasteiger partial charge is 0.165 e. The Kier molecular flexibility index (Phi) is 4.11. The molecule has 0 unspecified atom stereocenters. The van der Waals surface area contributed by atoms with E-state index in [-0.39, 0.29) is 23.7 Å². The number of aryl methyl sites for hydroxylation is 1. The Morgan fingerprint density at radius 1 is 1.23 bits per heavy atom. The number of benzene rings is 2. The predicted molar refractivity (Wildman–Crippen MR) is 87.1 cm³/mol. The van der Waals surface area contributed by atoms with Crippen LogP contribution in [0.15, 0.2) is 36.4 Å². The van der Waals surface area contributed by atoms with E-state index in [0.29, 0.717) is 5.02 Å². The molecule has 0 saturated heterocycles. The number of halogens is 2. The molecule has 22 heavy (non-hydrogen) atoms. The lowest BCUT2D eigenvalue weighted by atomic mass is 10.0. The predicted octanol–water partition coefficient (Wildman–Crippen LogP) is 4.39. The van der Waals surface area contributed by atoms with E-state index in [2.05, 4.69) is 11.8 Å². The Bertz CT molecular complexity index is 701. The number of fused-ring (bicyclic) bond motifs is 1. The number of para-hydroxylation sites is 1. The van der Waals surface area contributed by atoms with Crippen molar-refractivity contribution in [1.29, 1.82) is 0 Å². The summed E-state index contributed by atoms with van der Waals surface area (Å²) < 4.78 is 20.0. The van der Waals surface area contributed by atoms with Gasteiger partial charge in [-0.25, -0.2) is 4.39 Å². The zero-order valence-electron chi connectivity index (χ0n) is 12.9. The molecule has 1 aliphatic carbocycles. The molecule has 0 spiro atoms. The van der Waals surface area contributed by atoms with Crippen LogP contribution in [-0.4, -0.2) is 25.0 Å². The quantitative estimate of drug-likeness (QED) is 0.831. The Labute approximate surface area is 135 Å². The minimum atomic E-state index is -0.341. The summed E-state index contributed by atoms with van der Waals surface area (Å²) in [4.78, 5) is 2.12. The van der Waals surface area contributed by atoms with E-state index in [0.717, 1.165) is 17.5 Å². The molecular formula is C18H19ClFNO. The van der Waals surface area contributed by atoms with Crippen LogP contribution in [0.1, 0.15) is 22.8 Å². The average Bonchev–Trinajstić information content (AvgIpc) is 2.81. The van der Waals surface area contributed by atoms with Crippen LogP contribution in [0.3, 0.4) is 0 Å². The van der Waals surface area contributed by atoms with Crippen molar-refractivity contribution in [3.8, 4) is 5.75 Å². The summed E-state index contributed by atoms with van der Waals surface area (Å²) in [5.41, 5.74) is 3.48. The molecule has 2 aromatic rings. The molecule has 2 nitrogen and oxygen atoms in total. The topological polar surface area (TPSA) is 12.5 Å². The highest BCUT2D eigenvalue weighted by Crippen LogP contribution is 2.40. The van der Waals surface area contributed by atoms with Gasteiger partial charge in [0.15, 0.2) is 11.6 Å². The first-order valence-electron chi connectivity index (χ1n) is 7.34. The van der Waals surface area contributed by atoms with Crippen LogP contribution in [0.5, 0.6) is 5.75 Å². The second kappa shape index (κ2) is 5.90. The van der Waals surface area contributed by atoms with Crippen molar-refractivity contribution < 1.29 is 9.13 Å². The summed E-state index contributed by atoms with van der Waals surface area (Å²) in [5.74, 6) is -0.0583. The maximum Gasteiger partial charge on any atom is 0.165 e. The van der Waals surface area contributed by atoms with E-state index >= 15 is 0 Å². The summed E-state index contributed by atoms with van der Waals surface area (Å²) in [6.45, 7) is 2.06. The minimum Gasteiger partial charge on any atom is -0.481 e. The molecule has 2 aromatic carbocycles. The fourth-order valence-corrected chi connectivity index (χ4v) is 3.41. The zero-order valence-corrected chi connectivity index (χ0v) is 13.7. The minimum absolute atomic E-state index is 0.159. The third-order valence-electron chi connectivity index (χ3n) is 4.30. The number of rotatable bonds is 3. The van der Waals surface area contributed by atoms with Crippen LogP contribution in [0.25, 0.3) is 0 Å². The number of hydrogen-bond acceptors (Lipinski definition) is 2. The highest BCUT2D eigenvalue weighted by Gasteiger charge is 2.37. The largest absolute Gasteiger partial charge is 0.481 e. The van der Waals surface area contributed by atoms with Gasteiger partial charge in [0.2, 0.25) is 0 Å². The van der Waals surface area contributed by atoms with E-state index < -0.39 is 0 Å².